The molecule has 0 spiro atoms. The van der Waals surface area contributed by atoms with E-state index in [2.05, 4.69) is 0 Å². The molecule has 31 heavy (non-hydrogen) atoms. The van der Waals surface area contributed by atoms with Crippen molar-refractivity contribution in [3.8, 4) is 6.07 Å². The van der Waals surface area contributed by atoms with Crippen molar-refractivity contribution in [3.63, 3.8) is 0 Å². The van der Waals surface area contributed by atoms with Crippen molar-refractivity contribution in [1.82, 2.24) is 0 Å². The quantitative estimate of drug-likeness (QED) is 0.284. The summed E-state index contributed by atoms with van der Waals surface area (Å²) in [5, 5.41) is 8.48. The normalized spacial score (nSPS) is 27.1. The first kappa shape index (κ1) is 23.9. The predicted octanol–water partition coefficient (Wildman–Crippen LogP) is 8.45. The van der Waals surface area contributed by atoms with Crippen LogP contribution in [-0.4, -0.2) is 0 Å². The van der Waals surface area contributed by atoms with Gasteiger partial charge >= 0.3 is 0 Å². The van der Waals surface area contributed by atoms with Gasteiger partial charge in [0.25, 0.3) is 0 Å². The lowest BCUT2D eigenvalue weighted by Crippen LogP contribution is -2.25. The third-order valence-corrected chi connectivity index (χ3v) is 7.77. The highest BCUT2D eigenvalue weighted by molar-refractivity contribution is 5.17. The Morgan fingerprint density at radius 3 is 2.06 bits per heavy atom. The third-order valence-electron chi connectivity index (χ3n) is 7.77. The van der Waals surface area contributed by atoms with Crippen molar-refractivity contribution >= 4 is 0 Å². The number of hydrogen-bond donors (Lipinski definition) is 0. The molecule has 0 bridgehead atoms. The second-order valence-electron chi connectivity index (χ2n) is 9.80. The SMILES string of the molecule is N#CC(F)=CCC[C@H]1CC[C@H]([C@H]2CC[C@H](CCCCc3ccc(F)c(F)c3)CC2)CC1. The summed E-state index contributed by atoms with van der Waals surface area (Å²) in [5.74, 6) is 1.14. The summed E-state index contributed by atoms with van der Waals surface area (Å²) in [5.41, 5.74) is 0.893. The Labute approximate surface area is 185 Å². The maximum Gasteiger partial charge on any atom is 0.196 e. The molecule has 0 N–H and O–H groups in total. The molecule has 0 saturated heterocycles. The first-order valence-electron chi connectivity index (χ1n) is 12.2. The number of hydrogen-bond acceptors (Lipinski definition) is 1. The molecule has 0 aromatic heterocycles. The molecule has 2 aliphatic carbocycles. The van der Waals surface area contributed by atoms with E-state index in [1.807, 2.05) is 0 Å². The number of allylic oxidation sites excluding steroid dienone is 2. The maximum atomic E-state index is 13.3. The molecule has 170 valence electrons. The summed E-state index contributed by atoms with van der Waals surface area (Å²) in [7, 11) is 0. The minimum Gasteiger partial charge on any atom is -0.204 e. The lowest BCUT2D eigenvalue weighted by molar-refractivity contribution is 0.140. The maximum absolute atomic E-state index is 13.3. The highest BCUT2D eigenvalue weighted by atomic mass is 19.2. The average Bonchev–Trinajstić information content (AvgIpc) is 2.80. The van der Waals surface area contributed by atoms with Crippen molar-refractivity contribution in [3.05, 3.63) is 47.3 Å². The predicted molar refractivity (Wildman–Crippen MR) is 119 cm³/mol. The number of benzene rings is 1. The molecule has 0 unspecified atom stereocenters. The van der Waals surface area contributed by atoms with E-state index in [1.54, 1.807) is 12.1 Å². The summed E-state index contributed by atoms with van der Waals surface area (Å²) in [6.07, 6.45) is 18.0. The van der Waals surface area contributed by atoms with Gasteiger partial charge in [-0.1, -0.05) is 44.6 Å². The molecule has 0 amide bonds. The van der Waals surface area contributed by atoms with Gasteiger partial charge in [0.15, 0.2) is 17.5 Å². The minimum absolute atomic E-state index is 0.644. The fraction of sp³-hybridized carbons (Fsp3) is 0.667. The standard InChI is InChI=1S/C27H36F3N/c28-25(19-31)7-3-6-21-10-15-24(16-11-21)23-13-8-20(9-14-23)4-1-2-5-22-12-17-26(29)27(30)18-22/h7,12,17-18,20-21,23-24H,1-6,8-11,13-16H2/t20-,21-,23-,24-. The lowest BCUT2D eigenvalue weighted by Gasteiger charge is -2.38. The van der Waals surface area contributed by atoms with E-state index in [1.165, 1.54) is 82.4 Å². The fourth-order valence-electron chi connectivity index (χ4n) is 5.85. The number of halogens is 3. The topological polar surface area (TPSA) is 23.8 Å². The van der Waals surface area contributed by atoms with Gasteiger partial charge in [-0.2, -0.15) is 9.65 Å². The largest absolute Gasteiger partial charge is 0.204 e. The van der Waals surface area contributed by atoms with Crippen molar-refractivity contribution in [1.29, 1.82) is 5.26 Å². The number of rotatable bonds is 9. The highest BCUT2D eigenvalue weighted by Crippen LogP contribution is 2.43. The van der Waals surface area contributed by atoms with E-state index in [4.69, 9.17) is 5.26 Å². The van der Waals surface area contributed by atoms with Gasteiger partial charge in [0.1, 0.15) is 6.07 Å². The van der Waals surface area contributed by atoms with Crippen LogP contribution in [0.3, 0.4) is 0 Å². The van der Waals surface area contributed by atoms with Gasteiger partial charge in [0.2, 0.25) is 0 Å². The number of nitrogens with zero attached hydrogens (tertiary/aromatic N) is 1. The van der Waals surface area contributed by atoms with Gasteiger partial charge in [-0.3, -0.25) is 0 Å². The van der Waals surface area contributed by atoms with Crippen molar-refractivity contribution < 1.29 is 13.2 Å². The van der Waals surface area contributed by atoms with E-state index < -0.39 is 17.5 Å². The zero-order valence-corrected chi connectivity index (χ0v) is 18.6. The van der Waals surface area contributed by atoms with Crippen LogP contribution in [0.2, 0.25) is 0 Å². The Morgan fingerprint density at radius 2 is 1.48 bits per heavy atom. The molecule has 2 saturated carbocycles. The summed E-state index contributed by atoms with van der Waals surface area (Å²) >= 11 is 0. The molecule has 4 heteroatoms. The van der Waals surface area contributed by atoms with Gasteiger partial charge in [0.05, 0.1) is 0 Å². The van der Waals surface area contributed by atoms with Crippen LogP contribution in [0.25, 0.3) is 0 Å². The molecule has 2 fully saturated rings. The molecule has 0 aliphatic heterocycles. The smallest absolute Gasteiger partial charge is 0.196 e. The van der Waals surface area contributed by atoms with Crippen LogP contribution in [0.1, 0.15) is 89.0 Å². The van der Waals surface area contributed by atoms with Gasteiger partial charge in [-0.15, -0.1) is 0 Å². The van der Waals surface area contributed by atoms with Gasteiger partial charge in [0, 0.05) is 0 Å². The second kappa shape index (κ2) is 12.3. The van der Waals surface area contributed by atoms with Crippen LogP contribution in [-0.2, 0) is 6.42 Å². The van der Waals surface area contributed by atoms with Gasteiger partial charge < -0.3 is 0 Å². The van der Waals surface area contributed by atoms with Crippen molar-refractivity contribution in [2.24, 2.45) is 23.7 Å². The Morgan fingerprint density at radius 1 is 0.871 bits per heavy atom. The Balaban J connectivity index is 1.27. The number of aryl methyl sites for hydroxylation is 1. The van der Waals surface area contributed by atoms with Gasteiger partial charge in [-0.25, -0.2) is 8.78 Å². The average molecular weight is 432 g/mol. The molecular formula is C27H36F3N. The summed E-state index contributed by atoms with van der Waals surface area (Å²) in [6, 6.07) is 5.80. The third kappa shape index (κ3) is 7.70. The lowest BCUT2D eigenvalue weighted by atomic mass is 9.68. The monoisotopic (exact) mass is 431 g/mol. The Bertz CT molecular complexity index is 750. The van der Waals surface area contributed by atoms with Crippen molar-refractivity contribution in [2.75, 3.05) is 0 Å². The van der Waals surface area contributed by atoms with E-state index >= 15 is 0 Å². The number of unbranched alkanes of at least 4 members (excludes halogenated alkanes) is 1. The molecule has 1 nitrogen and oxygen atoms in total. The van der Waals surface area contributed by atoms with Crippen LogP contribution in [0.15, 0.2) is 30.1 Å². The second-order valence-corrected chi connectivity index (χ2v) is 9.80. The first-order valence-corrected chi connectivity index (χ1v) is 12.2. The van der Waals surface area contributed by atoms with E-state index in [0.717, 1.165) is 42.6 Å². The summed E-state index contributed by atoms with van der Waals surface area (Å²) in [6.45, 7) is 0. The Hall–Kier alpha value is -1.76. The van der Waals surface area contributed by atoms with Crippen LogP contribution in [0.5, 0.6) is 0 Å². The first-order chi connectivity index (χ1) is 15.0. The molecular weight excluding hydrogens is 395 g/mol. The molecule has 1 aromatic carbocycles. The highest BCUT2D eigenvalue weighted by Gasteiger charge is 2.30. The van der Waals surface area contributed by atoms with Crippen LogP contribution >= 0.6 is 0 Å². The molecule has 3 rings (SSSR count). The fourth-order valence-corrected chi connectivity index (χ4v) is 5.85. The van der Waals surface area contributed by atoms with E-state index in [-0.39, 0.29) is 0 Å². The molecule has 0 heterocycles. The molecule has 2 aliphatic rings. The van der Waals surface area contributed by atoms with Gasteiger partial charge in [-0.05, 0) is 98.8 Å². The van der Waals surface area contributed by atoms with Crippen LogP contribution in [0.4, 0.5) is 13.2 Å². The zero-order valence-electron chi connectivity index (χ0n) is 18.6. The van der Waals surface area contributed by atoms with Crippen LogP contribution < -0.4 is 0 Å². The van der Waals surface area contributed by atoms with Crippen molar-refractivity contribution in [2.45, 2.75) is 89.9 Å². The summed E-state index contributed by atoms with van der Waals surface area (Å²) < 4.78 is 39.2. The molecule has 0 atom stereocenters. The number of nitriles is 1. The zero-order chi connectivity index (χ0) is 22.1. The molecule has 1 aromatic rings. The Kier molecular flexibility index (Phi) is 9.50. The summed E-state index contributed by atoms with van der Waals surface area (Å²) in [4.78, 5) is 0. The van der Waals surface area contributed by atoms with Crippen LogP contribution in [0, 0.1) is 46.6 Å². The van der Waals surface area contributed by atoms with E-state index in [9.17, 15) is 13.2 Å². The van der Waals surface area contributed by atoms with E-state index in [0.29, 0.717) is 12.3 Å². The minimum atomic E-state index is -0.767. The molecule has 0 radical (unpaired) electrons.